The molecule has 0 aliphatic carbocycles. The minimum atomic E-state index is -1.06. The van der Waals surface area contributed by atoms with E-state index in [-0.39, 0.29) is 37.2 Å². The first-order valence-corrected chi connectivity index (χ1v) is 16.9. The monoisotopic (exact) mass is 675 g/mol. The first-order chi connectivity index (χ1) is 22.4. The van der Waals surface area contributed by atoms with Crippen LogP contribution in [0, 0.1) is 5.92 Å². The Morgan fingerprint density at radius 2 is 1.87 bits per heavy atom. The fourth-order valence-electron chi connectivity index (χ4n) is 5.51. The van der Waals surface area contributed by atoms with Crippen molar-refractivity contribution in [2.75, 3.05) is 32.3 Å². The molecule has 2 aromatic carbocycles. The zero-order valence-corrected chi connectivity index (χ0v) is 28.7. The molecule has 0 saturated carbocycles. The molecule has 13 heteroatoms. The molecule has 47 heavy (non-hydrogen) atoms. The van der Waals surface area contributed by atoms with Gasteiger partial charge in [0, 0.05) is 17.6 Å². The first kappa shape index (κ1) is 32.3. The lowest BCUT2D eigenvalue weighted by Crippen LogP contribution is -2.46. The fraction of sp³-hybridized carbons (Fsp3) is 0.353. The smallest absolute Gasteiger partial charge is 0.325 e. The van der Waals surface area contributed by atoms with Gasteiger partial charge in [-0.1, -0.05) is 37.3 Å². The highest BCUT2D eigenvalue weighted by molar-refractivity contribution is 7.23. The molecule has 3 aromatic heterocycles. The van der Waals surface area contributed by atoms with Crippen LogP contribution >= 0.6 is 22.7 Å². The second-order valence-electron chi connectivity index (χ2n) is 12.7. The van der Waals surface area contributed by atoms with Crippen LogP contribution in [0.5, 0.6) is 11.5 Å². The third-order valence-electron chi connectivity index (χ3n) is 7.47. The molecule has 0 fully saturated rings. The number of amides is 2. The van der Waals surface area contributed by atoms with Gasteiger partial charge in [0.2, 0.25) is 12.7 Å². The summed E-state index contributed by atoms with van der Waals surface area (Å²) in [6.07, 6.45) is 0. The third-order valence-corrected chi connectivity index (χ3v) is 9.35. The van der Waals surface area contributed by atoms with Crippen molar-refractivity contribution in [2.24, 2.45) is 5.92 Å². The number of rotatable bonds is 10. The number of imidazole rings is 1. The summed E-state index contributed by atoms with van der Waals surface area (Å²) in [7, 11) is 1.25. The molecule has 6 rings (SSSR count). The first-order valence-electron chi connectivity index (χ1n) is 15.3. The summed E-state index contributed by atoms with van der Waals surface area (Å²) in [5.74, 6) is 0.522. The van der Waals surface area contributed by atoms with Crippen molar-refractivity contribution in [1.82, 2.24) is 19.6 Å². The van der Waals surface area contributed by atoms with Crippen LogP contribution in [0.15, 0.2) is 53.9 Å². The highest BCUT2D eigenvalue weighted by atomic mass is 32.1. The maximum atomic E-state index is 14.5. The Morgan fingerprint density at radius 1 is 1.09 bits per heavy atom. The Labute approximate surface area is 280 Å². The molecular weight excluding hydrogens is 639 g/mol. The van der Waals surface area contributed by atoms with Gasteiger partial charge in [-0.15, -0.1) is 11.3 Å². The molecular formula is C34H37N5O6S2. The second-order valence-corrected chi connectivity index (χ2v) is 14.7. The van der Waals surface area contributed by atoms with Crippen molar-refractivity contribution in [1.29, 1.82) is 0 Å². The number of carbonyl (C=O) groups excluding carboxylic acids is 3. The van der Waals surface area contributed by atoms with Crippen molar-refractivity contribution in [3.63, 3.8) is 0 Å². The van der Waals surface area contributed by atoms with Crippen LogP contribution < -0.4 is 20.1 Å². The van der Waals surface area contributed by atoms with Crippen LogP contribution in [-0.2, 0) is 14.3 Å². The third kappa shape index (κ3) is 6.63. The number of fused-ring (bicyclic) bond motifs is 4. The summed E-state index contributed by atoms with van der Waals surface area (Å²) in [6, 6.07) is 13.8. The summed E-state index contributed by atoms with van der Waals surface area (Å²) < 4.78 is 18.8. The highest BCUT2D eigenvalue weighted by Gasteiger charge is 2.34. The van der Waals surface area contributed by atoms with Gasteiger partial charge < -0.3 is 29.7 Å². The lowest BCUT2D eigenvalue weighted by Gasteiger charge is -2.33. The molecule has 1 atom stereocenters. The molecule has 0 spiro atoms. The molecule has 1 unspecified atom stereocenters. The number of anilines is 1. The molecule has 4 heterocycles. The van der Waals surface area contributed by atoms with E-state index in [9.17, 15) is 14.4 Å². The van der Waals surface area contributed by atoms with E-state index in [0.717, 1.165) is 31.6 Å². The van der Waals surface area contributed by atoms with Crippen LogP contribution in [-0.4, -0.2) is 64.6 Å². The molecule has 5 aromatic rings. The maximum absolute atomic E-state index is 14.5. The van der Waals surface area contributed by atoms with Crippen LogP contribution in [0.3, 0.4) is 0 Å². The molecule has 2 amide bonds. The number of aromatic nitrogens is 2. The minimum Gasteiger partial charge on any atom is -0.468 e. The normalized spacial score (nSPS) is 13.3. The van der Waals surface area contributed by atoms with E-state index in [1.165, 1.54) is 18.4 Å². The fourth-order valence-corrected chi connectivity index (χ4v) is 7.29. The predicted molar refractivity (Wildman–Crippen MR) is 183 cm³/mol. The van der Waals surface area contributed by atoms with Gasteiger partial charge in [-0.2, -0.15) is 0 Å². The molecule has 11 nitrogen and oxygen atoms in total. The number of hydrogen-bond acceptors (Lipinski definition) is 10. The SMILES string of the molecule is COC(=O)CNC(=O)C(c1ccc2c(c1)OCO2)N(CC(C)C)C(=O)c1ccc2c(c1)sc1nc(-c3cccs3)c(NC(C)(C)C)n12. The second kappa shape index (κ2) is 12.9. The van der Waals surface area contributed by atoms with Crippen molar-refractivity contribution in [3.8, 4) is 22.1 Å². The number of hydrogen-bond donors (Lipinski definition) is 2. The quantitative estimate of drug-likeness (QED) is 0.164. The zero-order valence-electron chi connectivity index (χ0n) is 27.1. The number of nitrogens with zero attached hydrogens (tertiary/aromatic N) is 3. The highest BCUT2D eigenvalue weighted by Crippen LogP contribution is 2.40. The average Bonchev–Trinajstić information content (AvgIpc) is 3.83. The maximum Gasteiger partial charge on any atom is 0.325 e. The Balaban J connectivity index is 1.42. The molecule has 0 radical (unpaired) electrons. The van der Waals surface area contributed by atoms with Crippen LogP contribution in [0.1, 0.15) is 56.6 Å². The van der Waals surface area contributed by atoms with E-state index in [1.54, 1.807) is 40.5 Å². The molecule has 0 saturated heterocycles. The number of nitrogens with one attached hydrogen (secondary N) is 2. The van der Waals surface area contributed by atoms with Crippen molar-refractivity contribution in [2.45, 2.75) is 46.2 Å². The van der Waals surface area contributed by atoms with E-state index >= 15 is 0 Å². The summed E-state index contributed by atoms with van der Waals surface area (Å²) in [4.78, 5) is 48.6. The summed E-state index contributed by atoms with van der Waals surface area (Å²) in [5.41, 5.74) is 2.54. The number of thiazole rings is 1. The molecule has 246 valence electrons. The van der Waals surface area contributed by atoms with Gasteiger partial charge >= 0.3 is 5.97 Å². The van der Waals surface area contributed by atoms with Gasteiger partial charge in [-0.3, -0.25) is 18.8 Å². The van der Waals surface area contributed by atoms with Crippen molar-refractivity contribution >= 4 is 61.5 Å². The Kier molecular flexibility index (Phi) is 8.86. The van der Waals surface area contributed by atoms with Crippen LogP contribution in [0.25, 0.3) is 25.7 Å². The van der Waals surface area contributed by atoms with E-state index in [2.05, 4.69) is 41.9 Å². The number of esters is 1. The lowest BCUT2D eigenvalue weighted by molar-refractivity contribution is -0.141. The van der Waals surface area contributed by atoms with Crippen molar-refractivity contribution < 1.29 is 28.6 Å². The summed E-state index contributed by atoms with van der Waals surface area (Å²) in [6.45, 7) is 10.3. The van der Waals surface area contributed by atoms with E-state index in [4.69, 9.17) is 19.2 Å². The number of ether oxygens (including phenoxy) is 3. The number of benzene rings is 2. The van der Waals surface area contributed by atoms with E-state index < -0.39 is 17.9 Å². The molecule has 2 N–H and O–H groups in total. The van der Waals surface area contributed by atoms with Gasteiger partial charge in [0.05, 0.1) is 22.2 Å². The molecule has 0 bridgehead atoms. The van der Waals surface area contributed by atoms with Crippen molar-refractivity contribution in [3.05, 3.63) is 65.0 Å². The van der Waals surface area contributed by atoms with Gasteiger partial charge in [0.15, 0.2) is 16.5 Å². The van der Waals surface area contributed by atoms with E-state index in [1.807, 2.05) is 37.4 Å². The van der Waals surface area contributed by atoms with E-state index in [0.29, 0.717) is 22.6 Å². The van der Waals surface area contributed by atoms with Gasteiger partial charge in [-0.05, 0) is 74.0 Å². The number of methoxy groups -OCH3 is 1. The predicted octanol–water partition coefficient (Wildman–Crippen LogP) is 6.35. The van der Waals surface area contributed by atoms with Crippen LogP contribution in [0.2, 0.25) is 0 Å². The van der Waals surface area contributed by atoms with Gasteiger partial charge in [0.1, 0.15) is 24.1 Å². The largest absolute Gasteiger partial charge is 0.468 e. The topological polar surface area (TPSA) is 123 Å². The lowest BCUT2D eigenvalue weighted by atomic mass is 10.0. The molecule has 1 aliphatic rings. The Bertz CT molecular complexity index is 1960. The average molecular weight is 676 g/mol. The standard InChI is InChI=1S/C34H37N5O6S2/c1-19(2)17-38(29(31(41)35-16-27(40)43-6)20-10-12-23-24(14-20)45-18-44-23)32(42)21-9-11-22-26(15-21)47-33-36-28(25-8-7-13-46-25)30(39(22)33)37-34(3,4)5/h7-15,19,29,37H,16-18H2,1-6H3,(H,35,41). The van der Waals surface area contributed by atoms with Gasteiger partial charge in [0.25, 0.3) is 5.91 Å². The minimum absolute atomic E-state index is 0.0272. The Morgan fingerprint density at radius 3 is 2.57 bits per heavy atom. The summed E-state index contributed by atoms with van der Waals surface area (Å²) >= 11 is 3.14. The number of thiophene rings is 1. The van der Waals surface area contributed by atoms with Crippen LogP contribution in [0.4, 0.5) is 5.82 Å². The van der Waals surface area contributed by atoms with Gasteiger partial charge in [-0.25, -0.2) is 4.98 Å². The molecule has 1 aliphatic heterocycles. The summed E-state index contributed by atoms with van der Waals surface area (Å²) in [5, 5.41) is 8.33. The zero-order chi connectivity index (χ0) is 33.5. The Hall–Kier alpha value is -4.62. The number of carbonyl (C=O) groups is 3.